The Morgan fingerprint density at radius 1 is 0.935 bits per heavy atom. The number of amides is 1. The van der Waals surface area contributed by atoms with Crippen LogP contribution >= 0.6 is 0 Å². The number of aromatic nitrogens is 2. The highest BCUT2D eigenvalue weighted by molar-refractivity contribution is 5.92. The van der Waals surface area contributed by atoms with Gasteiger partial charge in [-0.1, -0.05) is 20.8 Å². The van der Waals surface area contributed by atoms with Crippen LogP contribution in [0.3, 0.4) is 0 Å². The van der Waals surface area contributed by atoms with E-state index in [4.69, 9.17) is 0 Å². The minimum atomic E-state index is -0.858. The minimum Gasteiger partial charge on any atom is -0.352 e. The van der Waals surface area contributed by atoms with Crippen LogP contribution in [-0.4, -0.2) is 33.0 Å². The molecule has 0 radical (unpaired) electrons. The van der Waals surface area contributed by atoms with Gasteiger partial charge in [-0.05, 0) is 58.8 Å². The number of nitrogens with zero attached hydrogens (tertiary/aromatic N) is 4. The normalized spacial score (nSPS) is 32.0. The average Bonchev–Trinajstić information content (AvgIpc) is 2.93. The summed E-state index contributed by atoms with van der Waals surface area (Å²) in [4.78, 5) is 23.2. The van der Waals surface area contributed by atoms with E-state index < -0.39 is 10.8 Å². The number of piperidine rings is 1. The van der Waals surface area contributed by atoms with Crippen LogP contribution in [0.1, 0.15) is 96.9 Å². The highest BCUT2D eigenvalue weighted by Gasteiger charge is 2.73. The number of carbonyl (C=O) groups is 1. The van der Waals surface area contributed by atoms with Crippen LogP contribution in [0.15, 0.2) is 0 Å². The molecule has 2 bridgehead atoms. The van der Waals surface area contributed by atoms with Crippen molar-refractivity contribution < 1.29 is 4.79 Å². The number of fused-ring (bicyclic) bond motifs is 5. The lowest BCUT2D eigenvalue weighted by Crippen LogP contribution is -2.64. The molecule has 2 N–H and O–H groups in total. The molecule has 2 heterocycles. The molecule has 1 saturated carbocycles. The summed E-state index contributed by atoms with van der Waals surface area (Å²) in [6.07, 6.45) is 3.14. The monoisotopic (exact) mass is 420 g/mol. The van der Waals surface area contributed by atoms with Crippen molar-refractivity contribution in [3.05, 3.63) is 22.8 Å². The molecule has 0 unspecified atom stereocenters. The molecule has 7 nitrogen and oxygen atoms in total. The first-order valence-corrected chi connectivity index (χ1v) is 11.1. The van der Waals surface area contributed by atoms with Gasteiger partial charge in [-0.2, -0.15) is 10.5 Å². The van der Waals surface area contributed by atoms with Crippen molar-refractivity contribution in [2.75, 3.05) is 0 Å². The highest BCUT2D eigenvalue weighted by atomic mass is 16.2. The van der Waals surface area contributed by atoms with Crippen molar-refractivity contribution in [3.8, 4) is 12.1 Å². The summed E-state index contributed by atoms with van der Waals surface area (Å²) in [6, 6.07) is 4.04. The molecule has 1 aromatic rings. The second kappa shape index (κ2) is 6.26. The zero-order valence-electron chi connectivity index (χ0n) is 19.6. The van der Waals surface area contributed by atoms with E-state index in [1.807, 2.05) is 12.1 Å². The molecule has 0 aromatic carbocycles. The molecule has 1 amide bonds. The third kappa shape index (κ3) is 2.76. The van der Waals surface area contributed by atoms with Gasteiger partial charge >= 0.3 is 0 Å². The number of nitrogens with one attached hydrogen (secondary N) is 2. The maximum Gasteiger partial charge on any atom is 0.233 e. The molecule has 164 valence electrons. The van der Waals surface area contributed by atoms with E-state index in [-0.39, 0.29) is 39.8 Å². The summed E-state index contributed by atoms with van der Waals surface area (Å²) in [6.45, 7) is 15.0. The van der Waals surface area contributed by atoms with Crippen molar-refractivity contribution in [3.63, 3.8) is 0 Å². The van der Waals surface area contributed by atoms with E-state index in [9.17, 15) is 15.3 Å². The second-order valence-electron chi connectivity index (χ2n) is 11.7. The number of hydrogen-bond acceptors (Lipinski definition) is 6. The van der Waals surface area contributed by atoms with Gasteiger partial charge in [0.15, 0.2) is 11.4 Å². The average molecular weight is 421 g/mol. The van der Waals surface area contributed by atoms with E-state index in [1.54, 1.807) is 0 Å². The second-order valence-corrected chi connectivity index (χ2v) is 11.7. The summed E-state index contributed by atoms with van der Waals surface area (Å²) in [5.74, 6) is -0.0265. The van der Waals surface area contributed by atoms with Gasteiger partial charge in [0.2, 0.25) is 5.91 Å². The topological polar surface area (TPSA) is 114 Å². The van der Waals surface area contributed by atoms with Crippen LogP contribution in [0.5, 0.6) is 0 Å². The first-order valence-electron chi connectivity index (χ1n) is 11.1. The van der Waals surface area contributed by atoms with Crippen molar-refractivity contribution in [2.24, 2.45) is 5.41 Å². The highest BCUT2D eigenvalue weighted by Crippen LogP contribution is 2.70. The van der Waals surface area contributed by atoms with E-state index in [0.29, 0.717) is 17.8 Å². The predicted molar refractivity (Wildman–Crippen MR) is 116 cm³/mol. The fraction of sp³-hybridized carbons (Fsp3) is 0.708. The van der Waals surface area contributed by atoms with Crippen LogP contribution < -0.4 is 10.6 Å². The van der Waals surface area contributed by atoms with Gasteiger partial charge in [-0.15, -0.1) is 0 Å². The van der Waals surface area contributed by atoms with Gasteiger partial charge in [0.1, 0.15) is 12.1 Å². The lowest BCUT2D eigenvalue weighted by molar-refractivity contribution is -0.131. The molecule has 2 atom stereocenters. The molecular formula is C24H32N6O. The summed E-state index contributed by atoms with van der Waals surface area (Å²) in [7, 11) is 0. The van der Waals surface area contributed by atoms with E-state index >= 15 is 0 Å². The number of nitriles is 2. The Labute approximate surface area is 184 Å². The number of carbonyl (C=O) groups excluding carboxylic acids is 1. The van der Waals surface area contributed by atoms with Crippen molar-refractivity contribution >= 4 is 5.91 Å². The number of rotatable bonds is 2. The quantitative estimate of drug-likeness (QED) is 0.760. The van der Waals surface area contributed by atoms with Gasteiger partial charge in [-0.25, -0.2) is 9.97 Å². The third-order valence-corrected chi connectivity index (χ3v) is 8.39. The maximum absolute atomic E-state index is 14.0. The maximum atomic E-state index is 14.0. The van der Waals surface area contributed by atoms with Gasteiger partial charge < -0.3 is 10.6 Å². The minimum absolute atomic E-state index is 0.00417. The molecule has 1 aromatic heterocycles. The van der Waals surface area contributed by atoms with Crippen LogP contribution in [0.25, 0.3) is 0 Å². The molecule has 3 aliphatic rings. The SMILES string of the molecule is CC1(C)CC(NC(=O)[C@@]23CC[C@](C)(c4nc(C#N)c(C#N)nc42)C3(C)C)CC(C)(C)N1. The molecule has 31 heavy (non-hydrogen) atoms. The third-order valence-electron chi connectivity index (χ3n) is 8.39. The Bertz CT molecular complexity index is 1040. The Morgan fingerprint density at radius 3 is 1.97 bits per heavy atom. The molecule has 7 heteroatoms. The van der Waals surface area contributed by atoms with Crippen LogP contribution in [0.2, 0.25) is 0 Å². The summed E-state index contributed by atoms with van der Waals surface area (Å²) < 4.78 is 0. The van der Waals surface area contributed by atoms with Gasteiger partial charge in [0.25, 0.3) is 0 Å². The molecule has 0 spiro atoms. The first kappa shape index (κ1) is 21.7. The Hall–Kier alpha value is -2.51. The Kier molecular flexibility index (Phi) is 4.39. The first-order chi connectivity index (χ1) is 14.2. The predicted octanol–water partition coefficient (Wildman–Crippen LogP) is 2.97. The molecular weight excluding hydrogens is 388 g/mol. The van der Waals surface area contributed by atoms with Gasteiger partial charge in [0.05, 0.1) is 16.8 Å². The van der Waals surface area contributed by atoms with E-state index in [0.717, 1.165) is 19.3 Å². The summed E-state index contributed by atoms with van der Waals surface area (Å²) in [5, 5.41) is 26.0. The van der Waals surface area contributed by atoms with Crippen LogP contribution in [0.4, 0.5) is 0 Å². The van der Waals surface area contributed by atoms with Gasteiger partial charge in [0, 0.05) is 22.5 Å². The Balaban J connectivity index is 1.79. The number of hydrogen-bond donors (Lipinski definition) is 2. The fourth-order valence-corrected chi connectivity index (χ4v) is 6.87. The van der Waals surface area contributed by atoms with Crippen LogP contribution in [0, 0.1) is 28.1 Å². The lowest BCUT2D eigenvalue weighted by Gasteiger charge is -2.48. The van der Waals surface area contributed by atoms with E-state index in [1.165, 1.54) is 0 Å². The molecule has 4 rings (SSSR count). The standard InChI is InChI=1S/C24H32N6O/c1-20(2)10-14(11-21(3,4)30-20)27-19(31)24-9-8-23(7,22(24,5)6)17-18(24)29-16(13-26)15(12-25)28-17/h14,30H,8-11H2,1-7H3,(H,27,31)/t23-,24-/m1/s1. The lowest BCUT2D eigenvalue weighted by atomic mass is 9.63. The van der Waals surface area contributed by atoms with Crippen LogP contribution in [-0.2, 0) is 15.6 Å². The van der Waals surface area contributed by atoms with Crippen molar-refractivity contribution in [1.82, 2.24) is 20.6 Å². The largest absolute Gasteiger partial charge is 0.352 e. The molecule has 2 aliphatic carbocycles. The molecule has 1 aliphatic heterocycles. The zero-order valence-corrected chi connectivity index (χ0v) is 19.6. The smallest absolute Gasteiger partial charge is 0.233 e. The fourth-order valence-electron chi connectivity index (χ4n) is 6.87. The molecule has 1 saturated heterocycles. The zero-order chi connectivity index (χ0) is 23.0. The summed E-state index contributed by atoms with van der Waals surface area (Å²) >= 11 is 0. The van der Waals surface area contributed by atoms with Crippen molar-refractivity contribution in [1.29, 1.82) is 10.5 Å². The summed E-state index contributed by atoms with van der Waals surface area (Å²) in [5.41, 5.74) is -0.493. The Morgan fingerprint density at radius 2 is 1.45 bits per heavy atom. The molecule has 2 fully saturated rings. The van der Waals surface area contributed by atoms with Gasteiger partial charge in [-0.3, -0.25) is 4.79 Å². The van der Waals surface area contributed by atoms with E-state index in [2.05, 4.69) is 69.1 Å². The van der Waals surface area contributed by atoms with Crippen molar-refractivity contribution in [2.45, 2.75) is 102 Å².